The Hall–Kier alpha value is -1.89. The molecule has 0 aliphatic carbocycles. The fourth-order valence-corrected chi connectivity index (χ4v) is 2.20. The Morgan fingerprint density at radius 1 is 1.50 bits per heavy atom. The average molecular weight is 311 g/mol. The Morgan fingerprint density at radius 2 is 2.22 bits per heavy atom. The molecule has 1 amide bonds. The molecule has 0 aliphatic rings. The molecular weight excluding hydrogens is 302 g/mol. The number of halogens is 1. The van der Waals surface area contributed by atoms with Crippen LogP contribution < -0.4 is 5.32 Å². The Morgan fingerprint density at radius 3 is 2.89 bits per heavy atom. The van der Waals surface area contributed by atoms with Crippen molar-refractivity contribution in [2.24, 2.45) is 0 Å². The summed E-state index contributed by atoms with van der Waals surface area (Å²) in [5, 5.41) is 13.9. The minimum absolute atomic E-state index is 0.175. The monoisotopic (exact) mass is 310 g/mol. The van der Waals surface area contributed by atoms with E-state index in [0.717, 1.165) is 6.33 Å². The van der Waals surface area contributed by atoms with Gasteiger partial charge in [-0.25, -0.2) is 4.98 Å². The van der Waals surface area contributed by atoms with E-state index in [-0.39, 0.29) is 12.2 Å². The van der Waals surface area contributed by atoms with Gasteiger partial charge in [-0.1, -0.05) is 0 Å². The van der Waals surface area contributed by atoms with E-state index in [0.29, 0.717) is 25.9 Å². The summed E-state index contributed by atoms with van der Waals surface area (Å²) in [4.78, 5) is 26.2. The first-order valence-electron chi connectivity index (χ1n) is 5.11. The number of nitrogens with one attached hydrogen (secondary N) is 1. The van der Waals surface area contributed by atoms with Gasteiger partial charge in [0.1, 0.15) is 5.78 Å². The third-order valence-electron chi connectivity index (χ3n) is 2.26. The van der Waals surface area contributed by atoms with Crippen LogP contribution >= 0.6 is 15.9 Å². The summed E-state index contributed by atoms with van der Waals surface area (Å²) in [6, 6.07) is 3.17. The van der Waals surface area contributed by atoms with Crippen LogP contribution in [-0.4, -0.2) is 21.4 Å². The van der Waals surface area contributed by atoms with E-state index in [1.807, 2.05) is 0 Å². The van der Waals surface area contributed by atoms with Crippen LogP contribution in [-0.2, 0) is 9.59 Å². The second-order valence-electron chi connectivity index (χ2n) is 3.82. The second kappa shape index (κ2) is 4.77. The van der Waals surface area contributed by atoms with Crippen LogP contribution in [0.25, 0.3) is 11.0 Å². The van der Waals surface area contributed by atoms with Crippen molar-refractivity contribution in [3.8, 4) is 0 Å². The maximum atomic E-state index is 11.4. The number of amides is 1. The van der Waals surface area contributed by atoms with Gasteiger partial charge in [0.2, 0.25) is 5.91 Å². The number of Topliss-reactive ketones (excluding diaryl/α,β-unsaturated/α-hetero) is 1. The molecule has 0 atom stereocenters. The fourth-order valence-electron chi connectivity index (χ4n) is 1.58. The zero-order valence-corrected chi connectivity index (χ0v) is 11.0. The Bertz CT molecular complexity index is 636. The van der Waals surface area contributed by atoms with Crippen LogP contribution in [0, 0.1) is 5.21 Å². The molecule has 0 fully saturated rings. The number of imidazole rings is 1. The average Bonchev–Trinajstić information content (AvgIpc) is 2.58. The van der Waals surface area contributed by atoms with E-state index in [2.05, 4.69) is 26.2 Å². The molecule has 1 N–H and O–H groups in total. The maximum absolute atomic E-state index is 11.4. The summed E-state index contributed by atoms with van der Waals surface area (Å²) in [7, 11) is 0. The van der Waals surface area contributed by atoms with Crippen LogP contribution in [0.3, 0.4) is 0 Å². The molecule has 2 rings (SSSR count). The predicted octanol–water partition coefficient (Wildman–Crippen LogP) is 2.06. The number of hydrogen-bond donors (Lipinski definition) is 1. The zero-order chi connectivity index (χ0) is 13.3. The van der Waals surface area contributed by atoms with Crippen LogP contribution in [0.1, 0.15) is 13.3 Å². The minimum Gasteiger partial charge on any atom is -0.804 e. The molecule has 18 heavy (non-hydrogen) atoms. The molecule has 94 valence electrons. The lowest BCUT2D eigenvalue weighted by atomic mass is 10.2. The van der Waals surface area contributed by atoms with Gasteiger partial charge in [-0.15, -0.1) is 0 Å². The predicted molar refractivity (Wildman–Crippen MR) is 70.1 cm³/mol. The van der Waals surface area contributed by atoms with Gasteiger partial charge in [-0.05, 0) is 35.0 Å². The van der Waals surface area contributed by atoms with E-state index in [4.69, 9.17) is 0 Å². The number of anilines is 1. The highest BCUT2D eigenvalue weighted by Gasteiger charge is 2.09. The lowest BCUT2D eigenvalue weighted by molar-refractivity contribution is -0.124. The highest BCUT2D eigenvalue weighted by Crippen LogP contribution is 2.27. The maximum Gasteiger partial charge on any atom is 0.231 e. The number of fused-ring (bicyclic) bond motifs is 1. The van der Waals surface area contributed by atoms with E-state index < -0.39 is 5.91 Å². The van der Waals surface area contributed by atoms with Gasteiger partial charge in [-0.3, -0.25) is 9.59 Å². The van der Waals surface area contributed by atoms with E-state index in [1.54, 1.807) is 12.1 Å². The van der Waals surface area contributed by atoms with Gasteiger partial charge in [-0.2, -0.15) is 0 Å². The lowest BCUT2D eigenvalue weighted by Gasteiger charge is -2.09. The Balaban J connectivity index is 2.30. The second-order valence-corrected chi connectivity index (χ2v) is 4.68. The summed E-state index contributed by atoms with van der Waals surface area (Å²) in [5.41, 5.74) is 1.36. The number of benzene rings is 1. The van der Waals surface area contributed by atoms with E-state index in [9.17, 15) is 14.8 Å². The molecule has 0 bridgehead atoms. The topological polar surface area (TPSA) is 87.0 Å². The quantitative estimate of drug-likeness (QED) is 0.879. The van der Waals surface area contributed by atoms with Crippen LogP contribution in [0.2, 0.25) is 0 Å². The van der Waals surface area contributed by atoms with Gasteiger partial charge in [0.05, 0.1) is 23.8 Å². The number of hydrogen-bond acceptors (Lipinski definition) is 4. The molecule has 0 aliphatic heterocycles. The summed E-state index contributed by atoms with van der Waals surface area (Å²) >= 11 is 3.24. The number of carbonyl (C=O) groups excluding carboxylic acids is 2. The van der Waals surface area contributed by atoms with Crippen molar-refractivity contribution in [1.82, 2.24) is 9.71 Å². The molecule has 0 saturated heterocycles. The Kier molecular flexibility index (Phi) is 3.33. The van der Waals surface area contributed by atoms with E-state index >= 15 is 0 Å². The number of aromatic nitrogens is 2. The third-order valence-corrected chi connectivity index (χ3v) is 2.86. The van der Waals surface area contributed by atoms with Gasteiger partial charge >= 0.3 is 0 Å². The summed E-state index contributed by atoms with van der Waals surface area (Å²) in [5.74, 6) is -0.605. The van der Waals surface area contributed by atoms with Crippen molar-refractivity contribution >= 4 is 44.3 Å². The number of carbonyl (C=O) groups is 2. The van der Waals surface area contributed by atoms with E-state index in [1.165, 1.54) is 6.92 Å². The highest BCUT2D eigenvalue weighted by molar-refractivity contribution is 9.10. The molecule has 6 nitrogen and oxygen atoms in total. The van der Waals surface area contributed by atoms with Crippen molar-refractivity contribution in [2.75, 3.05) is 5.32 Å². The molecule has 7 heteroatoms. The van der Waals surface area contributed by atoms with Crippen LogP contribution in [0.5, 0.6) is 0 Å². The molecule has 1 heterocycles. The van der Waals surface area contributed by atoms with Gasteiger partial charge in [0.25, 0.3) is 0 Å². The number of nitrogens with zero attached hydrogens (tertiary/aromatic N) is 2. The highest BCUT2D eigenvalue weighted by atomic mass is 79.9. The molecule has 0 spiro atoms. The Labute approximate surface area is 111 Å². The molecule has 0 radical (unpaired) electrons. The fraction of sp³-hybridized carbons (Fsp3) is 0.182. The molecule has 0 unspecified atom stereocenters. The van der Waals surface area contributed by atoms with Crippen molar-refractivity contribution in [1.29, 1.82) is 0 Å². The van der Waals surface area contributed by atoms with Crippen molar-refractivity contribution in [3.05, 3.63) is 28.1 Å². The molecular formula is C11H9BrN3O3-. The van der Waals surface area contributed by atoms with Crippen molar-refractivity contribution in [2.45, 2.75) is 13.3 Å². The number of rotatable bonds is 3. The minimum atomic E-state index is -0.393. The van der Waals surface area contributed by atoms with Crippen molar-refractivity contribution in [3.63, 3.8) is 0 Å². The normalized spacial score (nSPS) is 10.6. The van der Waals surface area contributed by atoms with Gasteiger partial charge in [0.15, 0.2) is 0 Å². The third kappa shape index (κ3) is 2.51. The van der Waals surface area contributed by atoms with Crippen LogP contribution in [0.4, 0.5) is 5.69 Å². The summed E-state index contributed by atoms with van der Waals surface area (Å²) in [6.45, 7) is 1.35. The van der Waals surface area contributed by atoms with Gasteiger partial charge in [0, 0.05) is 10.2 Å². The summed E-state index contributed by atoms with van der Waals surface area (Å²) < 4.78 is 1.17. The largest absolute Gasteiger partial charge is 0.804 e. The smallest absolute Gasteiger partial charge is 0.231 e. The summed E-state index contributed by atoms with van der Waals surface area (Å²) in [6.07, 6.45) is 0.974. The standard InChI is InChI=1S/C11H9BrN3O3/c1-6(16)2-10(17)14-7-3-8(12)11-9(4-7)13-5-15(11)18/h3-5H,2H2,1H3,(H,14,17)/q-1. The molecule has 0 saturated carbocycles. The zero-order valence-electron chi connectivity index (χ0n) is 9.44. The molecule has 2 aromatic rings. The lowest BCUT2D eigenvalue weighted by Crippen LogP contribution is -2.14. The molecule has 1 aromatic carbocycles. The first-order valence-corrected chi connectivity index (χ1v) is 5.90. The molecule has 1 aromatic heterocycles. The van der Waals surface area contributed by atoms with Crippen LogP contribution in [0.15, 0.2) is 22.9 Å². The van der Waals surface area contributed by atoms with Gasteiger partial charge < -0.3 is 15.3 Å². The first kappa shape index (κ1) is 12.6. The number of ketones is 1. The van der Waals surface area contributed by atoms with Crippen molar-refractivity contribution < 1.29 is 9.59 Å². The first-order chi connectivity index (χ1) is 8.47. The SMILES string of the molecule is CC(=O)CC(=O)Nc1cc(Br)c2c(c1)ncn2[O-].